The predicted octanol–water partition coefficient (Wildman–Crippen LogP) is 1.25. The van der Waals surface area contributed by atoms with Gasteiger partial charge in [0.25, 0.3) is 11.6 Å². The summed E-state index contributed by atoms with van der Waals surface area (Å²) in [6.45, 7) is 3.21. The number of carbonyl (C=O) groups is 2. The number of benzene rings is 1. The Morgan fingerprint density at radius 3 is 2.90 bits per heavy atom. The number of anilines is 2. The van der Waals surface area contributed by atoms with Crippen LogP contribution in [0.15, 0.2) is 23.6 Å². The Labute approximate surface area is 175 Å². The predicted molar refractivity (Wildman–Crippen MR) is 108 cm³/mol. The molecule has 2 aromatic rings. The van der Waals surface area contributed by atoms with Crippen LogP contribution < -0.4 is 15.0 Å². The average molecular weight is 433 g/mol. The van der Waals surface area contributed by atoms with E-state index in [1.54, 1.807) is 0 Å². The van der Waals surface area contributed by atoms with Gasteiger partial charge in [-0.05, 0) is 6.07 Å². The van der Waals surface area contributed by atoms with E-state index in [-0.39, 0.29) is 24.5 Å². The van der Waals surface area contributed by atoms with Crippen molar-refractivity contribution in [2.75, 3.05) is 49.7 Å². The maximum atomic E-state index is 12.5. The number of nitrogens with one attached hydrogen (secondary N) is 1. The van der Waals surface area contributed by atoms with E-state index >= 15 is 0 Å². The van der Waals surface area contributed by atoms with Gasteiger partial charge in [0, 0.05) is 37.1 Å². The maximum Gasteiger partial charge on any atom is 0.271 e. The molecule has 11 nitrogen and oxygen atoms in total. The van der Waals surface area contributed by atoms with Crippen LogP contribution in [0.5, 0.6) is 5.75 Å². The summed E-state index contributed by atoms with van der Waals surface area (Å²) < 4.78 is 10.6. The van der Waals surface area contributed by atoms with Crippen LogP contribution in [0.1, 0.15) is 5.69 Å². The van der Waals surface area contributed by atoms with Gasteiger partial charge in [-0.1, -0.05) is 0 Å². The summed E-state index contributed by atoms with van der Waals surface area (Å²) in [5, 5.41) is 16.1. The molecular formula is C18H19N5O6S. The lowest BCUT2D eigenvalue weighted by Crippen LogP contribution is -2.43. The van der Waals surface area contributed by atoms with E-state index in [4.69, 9.17) is 9.47 Å². The highest BCUT2D eigenvalue weighted by Gasteiger charge is 2.29. The molecular weight excluding hydrogens is 414 g/mol. The van der Waals surface area contributed by atoms with Gasteiger partial charge in [0.05, 0.1) is 29.5 Å². The first-order valence-electron chi connectivity index (χ1n) is 9.25. The smallest absolute Gasteiger partial charge is 0.271 e. The highest BCUT2D eigenvalue weighted by molar-refractivity contribution is 7.13. The van der Waals surface area contributed by atoms with Crippen LogP contribution in [-0.4, -0.2) is 66.1 Å². The van der Waals surface area contributed by atoms with Crippen LogP contribution in [0.3, 0.4) is 0 Å². The van der Waals surface area contributed by atoms with Crippen molar-refractivity contribution in [2.24, 2.45) is 0 Å². The van der Waals surface area contributed by atoms with Crippen LogP contribution in [0.2, 0.25) is 0 Å². The van der Waals surface area contributed by atoms with Crippen LogP contribution in [0.25, 0.3) is 0 Å². The van der Waals surface area contributed by atoms with E-state index in [0.29, 0.717) is 30.6 Å². The number of carbonyl (C=O) groups excluding carboxylic acids is 2. The van der Waals surface area contributed by atoms with Crippen molar-refractivity contribution in [3.8, 4) is 5.75 Å². The molecule has 1 N–H and O–H groups in total. The van der Waals surface area contributed by atoms with Crippen molar-refractivity contribution in [3.05, 3.63) is 39.4 Å². The lowest BCUT2D eigenvalue weighted by atomic mass is 10.2. The fourth-order valence-electron chi connectivity index (χ4n) is 3.21. The first kappa shape index (κ1) is 20.2. The zero-order valence-corrected chi connectivity index (χ0v) is 16.7. The van der Waals surface area contributed by atoms with Gasteiger partial charge in [0.1, 0.15) is 12.3 Å². The highest BCUT2D eigenvalue weighted by Crippen LogP contribution is 2.35. The van der Waals surface area contributed by atoms with E-state index in [1.165, 1.54) is 34.4 Å². The molecule has 1 saturated heterocycles. The first-order valence-corrected chi connectivity index (χ1v) is 10.1. The van der Waals surface area contributed by atoms with Crippen molar-refractivity contribution < 1.29 is 24.0 Å². The van der Waals surface area contributed by atoms with Crippen molar-refractivity contribution in [1.82, 2.24) is 9.88 Å². The zero-order chi connectivity index (χ0) is 21.1. The number of non-ortho nitro benzene ring substituents is 1. The molecule has 3 heterocycles. The van der Waals surface area contributed by atoms with Crippen molar-refractivity contribution in [1.29, 1.82) is 0 Å². The second-order valence-electron chi connectivity index (χ2n) is 6.76. The molecule has 0 atom stereocenters. The quantitative estimate of drug-likeness (QED) is 0.533. The Balaban J connectivity index is 1.41. The fraction of sp³-hybridized carbons (Fsp3) is 0.389. The third-order valence-corrected chi connectivity index (χ3v) is 5.49. The molecule has 2 aliphatic rings. The number of nitro benzene ring substituents is 1. The average Bonchev–Trinajstić information content (AvgIpc) is 3.17. The summed E-state index contributed by atoms with van der Waals surface area (Å²) in [6.07, 6.45) is 0. The SMILES string of the molecule is O=C(CN1C(=O)COc2ccc([N+](=O)[O-])cc21)Nc1nc(CN2CCOCC2)cs1. The van der Waals surface area contributed by atoms with Crippen LogP contribution in [-0.2, 0) is 20.9 Å². The number of amides is 2. The second-order valence-corrected chi connectivity index (χ2v) is 7.62. The number of aromatic nitrogens is 1. The largest absolute Gasteiger partial charge is 0.482 e. The highest BCUT2D eigenvalue weighted by atomic mass is 32.1. The Kier molecular flexibility index (Phi) is 5.88. The number of hydrogen-bond donors (Lipinski definition) is 1. The summed E-state index contributed by atoms with van der Waals surface area (Å²) in [5.41, 5.74) is 0.855. The van der Waals surface area contributed by atoms with Gasteiger partial charge in [0.2, 0.25) is 5.91 Å². The van der Waals surface area contributed by atoms with Gasteiger partial charge in [-0.3, -0.25) is 29.5 Å². The number of nitrogens with zero attached hydrogens (tertiary/aromatic N) is 4. The minimum atomic E-state index is -0.566. The molecule has 0 saturated carbocycles. The number of hydrogen-bond acceptors (Lipinski definition) is 9. The van der Waals surface area contributed by atoms with Gasteiger partial charge in [0.15, 0.2) is 11.7 Å². The number of fused-ring (bicyclic) bond motifs is 1. The van der Waals surface area contributed by atoms with Gasteiger partial charge in [-0.15, -0.1) is 11.3 Å². The molecule has 30 heavy (non-hydrogen) atoms. The molecule has 158 valence electrons. The molecule has 0 spiro atoms. The number of morpholine rings is 1. The third kappa shape index (κ3) is 4.56. The normalized spacial score (nSPS) is 16.7. The summed E-state index contributed by atoms with van der Waals surface area (Å²) in [6, 6.07) is 3.94. The summed E-state index contributed by atoms with van der Waals surface area (Å²) >= 11 is 1.30. The molecule has 0 aliphatic carbocycles. The number of nitro groups is 1. The zero-order valence-electron chi connectivity index (χ0n) is 15.9. The van der Waals surface area contributed by atoms with Gasteiger partial charge < -0.3 is 14.8 Å². The van der Waals surface area contributed by atoms with Crippen molar-refractivity contribution in [3.63, 3.8) is 0 Å². The molecule has 0 bridgehead atoms. The summed E-state index contributed by atoms with van der Waals surface area (Å²) in [5.74, 6) is -0.588. The monoisotopic (exact) mass is 433 g/mol. The summed E-state index contributed by atoms with van der Waals surface area (Å²) in [4.78, 5) is 43.1. The van der Waals surface area contributed by atoms with E-state index < -0.39 is 16.7 Å². The Bertz CT molecular complexity index is 974. The molecule has 4 rings (SSSR count). The van der Waals surface area contributed by atoms with Gasteiger partial charge in [-0.25, -0.2) is 4.98 Å². The molecule has 1 aromatic heterocycles. The Morgan fingerprint density at radius 1 is 1.33 bits per heavy atom. The number of ether oxygens (including phenoxy) is 2. The first-order chi connectivity index (χ1) is 14.5. The molecule has 1 fully saturated rings. The van der Waals surface area contributed by atoms with Crippen molar-refractivity contribution in [2.45, 2.75) is 6.54 Å². The fourth-order valence-corrected chi connectivity index (χ4v) is 3.92. The minimum Gasteiger partial charge on any atom is -0.482 e. The van der Waals surface area contributed by atoms with Gasteiger partial charge in [-0.2, -0.15) is 0 Å². The van der Waals surface area contributed by atoms with Crippen LogP contribution in [0.4, 0.5) is 16.5 Å². The van der Waals surface area contributed by atoms with Gasteiger partial charge >= 0.3 is 0 Å². The molecule has 0 unspecified atom stereocenters. The standard InChI is InChI=1S/C18H19N5O6S/c24-16(20-18-19-12(11-30-18)8-21-3-5-28-6-4-21)9-22-14-7-13(23(26)27)1-2-15(14)29-10-17(22)25/h1-2,7,11H,3-6,8-10H2,(H,19,20,24). The van der Waals surface area contributed by atoms with E-state index in [9.17, 15) is 19.7 Å². The topological polar surface area (TPSA) is 127 Å². The second kappa shape index (κ2) is 8.73. The van der Waals surface area contributed by atoms with Crippen LogP contribution >= 0.6 is 11.3 Å². The molecule has 2 amide bonds. The lowest BCUT2D eigenvalue weighted by Gasteiger charge is -2.28. The molecule has 0 radical (unpaired) electrons. The number of thiazole rings is 1. The minimum absolute atomic E-state index is 0.190. The van der Waals surface area contributed by atoms with E-state index in [0.717, 1.165) is 18.8 Å². The van der Waals surface area contributed by atoms with E-state index in [1.807, 2.05) is 5.38 Å². The Morgan fingerprint density at radius 2 is 2.13 bits per heavy atom. The molecule has 1 aromatic carbocycles. The third-order valence-electron chi connectivity index (χ3n) is 4.69. The summed E-state index contributed by atoms with van der Waals surface area (Å²) in [7, 11) is 0. The van der Waals surface area contributed by atoms with Crippen LogP contribution in [0, 0.1) is 10.1 Å². The van der Waals surface area contributed by atoms with E-state index in [2.05, 4.69) is 15.2 Å². The lowest BCUT2D eigenvalue weighted by molar-refractivity contribution is -0.384. The molecule has 12 heteroatoms. The maximum absolute atomic E-state index is 12.5. The molecule has 2 aliphatic heterocycles. The number of rotatable bonds is 6. The Hall–Kier alpha value is -3.09. The van der Waals surface area contributed by atoms with Crippen molar-refractivity contribution >= 4 is 39.7 Å².